The average Bonchev–Trinajstić information content (AvgIpc) is 2.67. The number of aliphatic carboxylic acids is 2. The van der Waals surface area contributed by atoms with Gasteiger partial charge in [0.15, 0.2) is 0 Å². The van der Waals surface area contributed by atoms with E-state index in [4.69, 9.17) is 21.1 Å². The smallest absolute Gasteiger partial charge is 0.328 e. The average molecular weight is 447 g/mol. The Kier molecular flexibility index (Phi) is 12.4. The fourth-order valence-corrected chi connectivity index (χ4v) is 2.68. The van der Waals surface area contributed by atoms with Gasteiger partial charge in [-0.15, -0.1) is 0 Å². The summed E-state index contributed by atoms with van der Waals surface area (Å²) in [5.74, 6) is -5.66. The van der Waals surface area contributed by atoms with Gasteiger partial charge in [-0.2, -0.15) is 0 Å². The van der Waals surface area contributed by atoms with E-state index in [0.717, 1.165) is 0 Å². The zero-order valence-electron chi connectivity index (χ0n) is 18.3. The number of carboxylic acids is 2. The van der Waals surface area contributed by atoms with Crippen LogP contribution in [0.15, 0.2) is 0 Å². The van der Waals surface area contributed by atoms with E-state index in [0.29, 0.717) is 12.8 Å². The zero-order valence-corrected chi connectivity index (χ0v) is 18.3. The van der Waals surface area contributed by atoms with E-state index in [1.165, 1.54) is 0 Å². The van der Waals surface area contributed by atoms with E-state index in [2.05, 4.69) is 16.0 Å². The lowest BCUT2D eigenvalue weighted by molar-refractivity contribution is -0.144. The third kappa shape index (κ3) is 10.2. The molecular formula is C19H34N4O8. The highest BCUT2D eigenvalue weighted by molar-refractivity contribution is 5.95. The number of aliphatic hydroxyl groups excluding tert-OH is 1. The predicted octanol–water partition coefficient (Wildman–Crippen LogP) is -1.59. The van der Waals surface area contributed by atoms with Crippen LogP contribution in [0.4, 0.5) is 0 Å². The molecule has 0 fully saturated rings. The van der Waals surface area contributed by atoms with Crippen molar-refractivity contribution >= 4 is 29.7 Å². The van der Waals surface area contributed by atoms with Crippen molar-refractivity contribution in [3.05, 3.63) is 0 Å². The van der Waals surface area contributed by atoms with E-state index >= 15 is 0 Å². The first-order chi connectivity index (χ1) is 14.3. The highest BCUT2D eigenvalue weighted by Crippen LogP contribution is 2.10. The minimum Gasteiger partial charge on any atom is -0.481 e. The summed E-state index contributed by atoms with van der Waals surface area (Å²) >= 11 is 0. The topological polar surface area (TPSA) is 208 Å². The van der Waals surface area contributed by atoms with Crippen LogP contribution in [0, 0.1) is 11.8 Å². The van der Waals surface area contributed by atoms with E-state index in [9.17, 15) is 24.0 Å². The van der Waals surface area contributed by atoms with Gasteiger partial charge in [-0.1, -0.05) is 34.1 Å². The Morgan fingerprint density at radius 1 is 0.871 bits per heavy atom. The van der Waals surface area contributed by atoms with Crippen LogP contribution in [0.1, 0.15) is 47.0 Å². The van der Waals surface area contributed by atoms with Crippen LogP contribution in [0.5, 0.6) is 0 Å². The van der Waals surface area contributed by atoms with Gasteiger partial charge in [0.2, 0.25) is 17.7 Å². The molecule has 5 unspecified atom stereocenters. The molecule has 0 rings (SSSR count). The second-order valence-corrected chi connectivity index (χ2v) is 7.85. The van der Waals surface area contributed by atoms with E-state index in [1.54, 1.807) is 13.8 Å². The van der Waals surface area contributed by atoms with E-state index < -0.39 is 72.8 Å². The molecule has 0 aliphatic rings. The SMILES string of the molecule is CCC(C)C(NC(=O)C(CC(=O)O)NC(=O)C(N)CC(C)C)C(=O)NC(CO)C(=O)O. The van der Waals surface area contributed by atoms with Gasteiger partial charge in [0.25, 0.3) is 0 Å². The maximum Gasteiger partial charge on any atom is 0.328 e. The van der Waals surface area contributed by atoms with Gasteiger partial charge in [0, 0.05) is 0 Å². The number of aliphatic hydroxyl groups is 1. The summed E-state index contributed by atoms with van der Waals surface area (Å²) in [6.45, 7) is 6.21. The van der Waals surface area contributed by atoms with Crippen LogP contribution < -0.4 is 21.7 Å². The molecule has 12 heteroatoms. The van der Waals surface area contributed by atoms with Crippen LogP contribution in [0.3, 0.4) is 0 Å². The molecule has 0 bridgehead atoms. The summed E-state index contributed by atoms with van der Waals surface area (Å²) in [4.78, 5) is 59.7. The first-order valence-corrected chi connectivity index (χ1v) is 10.1. The summed E-state index contributed by atoms with van der Waals surface area (Å²) in [6.07, 6.45) is 0.00252. The molecule has 8 N–H and O–H groups in total. The Balaban J connectivity index is 5.48. The van der Waals surface area contributed by atoms with Crippen LogP contribution in [-0.4, -0.2) is 75.8 Å². The first kappa shape index (κ1) is 28.3. The van der Waals surface area contributed by atoms with E-state index in [-0.39, 0.29) is 5.92 Å². The molecule has 0 aromatic carbocycles. The number of hydrogen-bond acceptors (Lipinski definition) is 7. The molecule has 0 saturated carbocycles. The molecule has 0 aromatic heterocycles. The van der Waals surface area contributed by atoms with Crippen LogP contribution in [0.25, 0.3) is 0 Å². The van der Waals surface area contributed by atoms with Crippen molar-refractivity contribution < 1.29 is 39.3 Å². The molecule has 0 saturated heterocycles. The molecule has 0 aliphatic heterocycles. The van der Waals surface area contributed by atoms with Crippen LogP contribution in [-0.2, 0) is 24.0 Å². The first-order valence-electron chi connectivity index (χ1n) is 10.1. The standard InChI is InChI=1S/C19H34N4O8/c1-5-10(4)15(18(29)22-13(8-24)19(30)31)23-17(28)12(7-14(25)26)21-16(27)11(20)6-9(2)3/h9-13,15,24H,5-8,20H2,1-4H3,(H,21,27)(H,22,29)(H,23,28)(H,25,26)(H,30,31). The zero-order chi connectivity index (χ0) is 24.3. The quantitative estimate of drug-likeness (QED) is 0.164. The Morgan fingerprint density at radius 3 is 1.84 bits per heavy atom. The number of rotatable bonds is 14. The summed E-state index contributed by atoms with van der Waals surface area (Å²) in [5, 5.41) is 34.0. The van der Waals surface area contributed by atoms with Crippen molar-refractivity contribution in [2.75, 3.05) is 6.61 Å². The fraction of sp³-hybridized carbons (Fsp3) is 0.737. The fourth-order valence-electron chi connectivity index (χ4n) is 2.68. The molecule has 0 heterocycles. The molecule has 12 nitrogen and oxygen atoms in total. The normalized spacial score (nSPS) is 15.8. The van der Waals surface area contributed by atoms with Gasteiger partial charge in [-0.3, -0.25) is 19.2 Å². The number of hydrogen-bond donors (Lipinski definition) is 7. The van der Waals surface area contributed by atoms with Gasteiger partial charge in [-0.25, -0.2) is 4.79 Å². The predicted molar refractivity (Wildman–Crippen MR) is 110 cm³/mol. The van der Waals surface area contributed by atoms with Gasteiger partial charge < -0.3 is 37.0 Å². The van der Waals surface area contributed by atoms with Crippen molar-refractivity contribution in [1.29, 1.82) is 0 Å². The monoisotopic (exact) mass is 446 g/mol. The maximum absolute atomic E-state index is 12.7. The molecule has 31 heavy (non-hydrogen) atoms. The molecule has 5 atom stereocenters. The van der Waals surface area contributed by atoms with E-state index in [1.807, 2.05) is 13.8 Å². The third-order valence-corrected chi connectivity index (χ3v) is 4.66. The summed E-state index contributed by atoms with van der Waals surface area (Å²) in [6, 6.07) is -5.22. The minimum atomic E-state index is -1.57. The van der Waals surface area contributed by atoms with Gasteiger partial charge in [0.05, 0.1) is 19.1 Å². The Morgan fingerprint density at radius 2 is 1.42 bits per heavy atom. The molecular weight excluding hydrogens is 412 g/mol. The van der Waals surface area contributed by atoms with Crippen molar-refractivity contribution in [3.8, 4) is 0 Å². The maximum atomic E-state index is 12.7. The van der Waals surface area contributed by atoms with Gasteiger partial charge in [-0.05, 0) is 18.3 Å². The summed E-state index contributed by atoms with van der Waals surface area (Å²) in [7, 11) is 0. The molecule has 3 amide bonds. The molecule has 0 radical (unpaired) electrons. The second-order valence-electron chi connectivity index (χ2n) is 7.85. The molecule has 0 aliphatic carbocycles. The number of carbonyl (C=O) groups excluding carboxylic acids is 3. The number of carboxylic acid groups (broad SMARTS) is 2. The Bertz CT molecular complexity index is 655. The molecule has 0 spiro atoms. The lowest BCUT2D eigenvalue weighted by Gasteiger charge is -2.27. The summed E-state index contributed by atoms with van der Waals surface area (Å²) in [5.41, 5.74) is 5.78. The van der Waals surface area contributed by atoms with Gasteiger partial charge in [0.1, 0.15) is 18.1 Å². The van der Waals surface area contributed by atoms with Crippen LogP contribution in [0.2, 0.25) is 0 Å². The highest BCUT2D eigenvalue weighted by atomic mass is 16.4. The third-order valence-electron chi connectivity index (χ3n) is 4.66. The lowest BCUT2D eigenvalue weighted by Crippen LogP contribution is -2.59. The largest absolute Gasteiger partial charge is 0.481 e. The Labute approximate surface area is 180 Å². The van der Waals surface area contributed by atoms with Crippen molar-refractivity contribution in [2.24, 2.45) is 17.6 Å². The number of nitrogens with one attached hydrogen (secondary N) is 3. The summed E-state index contributed by atoms with van der Waals surface area (Å²) < 4.78 is 0. The van der Waals surface area contributed by atoms with Crippen molar-refractivity contribution in [2.45, 2.75) is 71.1 Å². The Hall–Kier alpha value is -2.73. The van der Waals surface area contributed by atoms with Crippen molar-refractivity contribution in [1.82, 2.24) is 16.0 Å². The lowest BCUT2D eigenvalue weighted by atomic mass is 9.97. The number of nitrogens with two attached hydrogens (primary N) is 1. The van der Waals surface area contributed by atoms with Gasteiger partial charge >= 0.3 is 11.9 Å². The molecule has 0 aromatic rings. The number of amides is 3. The minimum absolute atomic E-state index is 0.0969. The molecule has 178 valence electrons. The van der Waals surface area contributed by atoms with Crippen LogP contribution >= 0.6 is 0 Å². The number of carbonyl (C=O) groups is 5. The highest BCUT2D eigenvalue weighted by Gasteiger charge is 2.33. The van der Waals surface area contributed by atoms with Crippen molar-refractivity contribution in [3.63, 3.8) is 0 Å². The second kappa shape index (κ2) is 13.5.